The number of piperidine rings is 1. The third-order valence-electron chi connectivity index (χ3n) is 3.61. The lowest BCUT2D eigenvalue weighted by Gasteiger charge is -2.33. The third kappa shape index (κ3) is 3.00. The molecule has 0 bridgehead atoms. The van der Waals surface area contributed by atoms with E-state index in [1.54, 1.807) is 18.5 Å². The van der Waals surface area contributed by atoms with Crippen molar-refractivity contribution in [3.63, 3.8) is 0 Å². The van der Waals surface area contributed by atoms with Crippen LogP contribution >= 0.6 is 11.6 Å². The monoisotopic (exact) mass is 301 g/mol. The van der Waals surface area contributed by atoms with Gasteiger partial charge >= 0.3 is 0 Å². The molecule has 1 fully saturated rings. The Morgan fingerprint density at radius 1 is 1.24 bits per heavy atom. The Hall–Kier alpha value is -2.07. The van der Waals surface area contributed by atoms with Crippen molar-refractivity contribution in [3.8, 4) is 0 Å². The predicted molar refractivity (Wildman–Crippen MR) is 84.7 cm³/mol. The van der Waals surface area contributed by atoms with Gasteiger partial charge in [0.15, 0.2) is 0 Å². The molecular weight excluding hydrogens is 286 g/mol. The summed E-state index contributed by atoms with van der Waals surface area (Å²) in [6.45, 7) is 0.755. The standard InChI is InChI=1S/C16H16ClN3O/c17-13-11-18-9-8-14(13)19-15-7-4-10-20(16(15)21)12-5-2-1-3-6-12/h1-3,5-6,8-9,11,15H,4,7,10H2,(H,18,19). The van der Waals surface area contributed by atoms with E-state index in [-0.39, 0.29) is 11.9 Å². The number of anilines is 2. The zero-order chi connectivity index (χ0) is 14.7. The highest BCUT2D eigenvalue weighted by molar-refractivity contribution is 6.33. The van der Waals surface area contributed by atoms with Crippen molar-refractivity contribution in [2.24, 2.45) is 0 Å². The van der Waals surface area contributed by atoms with Crippen LogP contribution in [0.5, 0.6) is 0 Å². The fourth-order valence-electron chi connectivity index (χ4n) is 2.55. The lowest BCUT2D eigenvalue weighted by molar-refractivity contribution is -0.120. The van der Waals surface area contributed by atoms with E-state index in [9.17, 15) is 4.79 Å². The van der Waals surface area contributed by atoms with Crippen LogP contribution in [-0.2, 0) is 4.79 Å². The van der Waals surface area contributed by atoms with Crippen LogP contribution in [0.1, 0.15) is 12.8 Å². The van der Waals surface area contributed by atoms with Gasteiger partial charge in [0, 0.05) is 24.6 Å². The molecule has 3 rings (SSSR count). The molecule has 2 aromatic rings. The Balaban J connectivity index is 1.78. The van der Waals surface area contributed by atoms with Crippen LogP contribution in [0.4, 0.5) is 11.4 Å². The summed E-state index contributed by atoms with van der Waals surface area (Å²) in [6.07, 6.45) is 5.00. The van der Waals surface area contributed by atoms with Crippen molar-refractivity contribution in [2.45, 2.75) is 18.9 Å². The molecule has 21 heavy (non-hydrogen) atoms. The normalized spacial score (nSPS) is 18.6. The molecule has 108 valence electrons. The van der Waals surface area contributed by atoms with Crippen molar-refractivity contribution < 1.29 is 4.79 Å². The maximum absolute atomic E-state index is 12.6. The van der Waals surface area contributed by atoms with Crippen LogP contribution in [0.15, 0.2) is 48.8 Å². The van der Waals surface area contributed by atoms with Gasteiger partial charge < -0.3 is 10.2 Å². The summed E-state index contributed by atoms with van der Waals surface area (Å²) in [4.78, 5) is 18.4. The van der Waals surface area contributed by atoms with Crippen LogP contribution < -0.4 is 10.2 Å². The second-order valence-electron chi connectivity index (χ2n) is 5.02. The average molecular weight is 302 g/mol. The second-order valence-corrected chi connectivity index (χ2v) is 5.43. The highest BCUT2D eigenvalue weighted by atomic mass is 35.5. The van der Waals surface area contributed by atoms with Gasteiger partial charge in [-0.05, 0) is 31.0 Å². The molecule has 0 spiro atoms. The molecule has 0 radical (unpaired) electrons. The zero-order valence-electron chi connectivity index (χ0n) is 11.5. The maximum atomic E-state index is 12.6. The minimum absolute atomic E-state index is 0.0836. The van der Waals surface area contributed by atoms with Gasteiger partial charge in [-0.1, -0.05) is 29.8 Å². The Morgan fingerprint density at radius 2 is 2.05 bits per heavy atom. The first-order valence-electron chi connectivity index (χ1n) is 6.98. The van der Waals surface area contributed by atoms with E-state index in [2.05, 4.69) is 10.3 Å². The summed E-state index contributed by atoms with van der Waals surface area (Å²) in [5, 5.41) is 3.77. The largest absolute Gasteiger partial charge is 0.372 e. The molecule has 1 aliphatic heterocycles. The van der Waals surface area contributed by atoms with Crippen LogP contribution in [0.25, 0.3) is 0 Å². The summed E-state index contributed by atoms with van der Waals surface area (Å²) in [7, 11) is 0. The van der Waals surface area contributed by atoms with Crippen molar-refractivity contribution in [1.29, 1.82) is 0 Å². The Bertz CT molecular complexity index is 632. The number of amides is 1. The number of hydrogen-bond acceptors (Lipinski definition) is 3. The second kappa shape index (κ2) is 6.14. The third-order valence-corrected chi connectivity index (χ3v) is 3.91. The first-order valence-corrected chi connectivity index (χ1v) is 7.36. The van der Waals surface area contributed by atoms with Gasteiger partial charge in [0.2, 0.25) is 5.91 Å². The molecule has 4 nitrogen and oxygen atoms in total. The molecule has 1 N–H and O–H groups in total. The van der Waals surface area contributed by atoms with Crippen LogP contribution in [-0.4, -0.2) is 23.5 Å². The predicted octanol–water partition coefficient (Wildman–Crippen LogP) is 3.34. The number of pyridine rings is 1. The van der Waals surface area contributed by atoms with E-state index in [4.69, 9.17) is 11.6 Å². The molecule has 0 aliphatic carbocycles. The fourth-order valence-corrected chi connectivity index (χ4v) is 2.73. The highest BCUT2D eigenvalue weighted by Crippen LogP contribution is 2.25. The molecule has 0 saturated carbocycles. The molecule has 5 heteroatoms. The van der Waals surface area contributed by atoms with Gasteiger partial charge in [-0.3, -0.25) is 9.78 Å². The number of rotatable bonds is 3. The molecular formula is C16H16ClN3O. The molecule has 1 aromatic carbocycles. The van der Waals surface area contributed by atoms with Crippen molar-refractivity contribution in [1.82, 2.24) is 4.98 Å². The molecule has 1 unspecified atom stereocenters. The van der Waals surface area contributed by atoms with E-state index < -0.39 is 0 Å². The zero-order valence-corrected chi connectivity index (χ0v) is 12.3. The quantitative estimate of drug-likeness (QED) is 0.945. The van der Waals surface area contributed by atoms with E-state index in [0.29, 0.717) is 5.02 Å². The van der Waals surface area contributed by atoms with Crippen molar-refractivity contribution >= 4 is 28.9 Å². The van der Waals surface area contributed by atoms with Gasteiger partial charge in [-0.2, -0.15) is 0 Å². The Kier molecular flexibility index (Phi) is 4.06. The molecule has 1 aliphatic rings. The molecule has 1 saturated heterocycles. The maximum Gasteiger partial charge on any atom is 0.249 e. The van der Waals surface area contributed by atoms with Gasteiger partial charge in [-0.25, -0.2) is 0 Å². The van der Waals surface area contributed by atoms with Crippen molar-refractivity contribution in [3.05, 3.63) is 53.8 Å². The van der Waals surface area contributed by atoms with Crippen LogP contribution in [0.2, 0.25) is 5.02 Å². The van der Waals surface area contributed by atoms with Gasteiger partial charge in [-0.15, -0.1) is 0 Å². The van der Waals surface area contributed by atoms with Crippen LogP contribution in [0.3, 0.4) is 0 Å². The molecule has 1 aromatic heterocycles. The number of aromatic nitrogens is 1. The number of nitrogens with zero attached hydrogens (tertiary/aromatic N) is 2. The van der Waals surface area contributed by atoms with Gasteiger partial charge in [0.25, 0.3) is 0 Å². The number of nitrogens with one attached hydrogen (secondary N) is 1. The van der Waals surface area contributed by atoms with Gasteiger partial charge in [0.05, 0.1) is 10.7 Å². The number of halogens is 1. The topological polar surface area (TPSA) is 45.2 Å². The minimum atomic E-state index is -0.251. The molecule has 2 heterocycles. The Labute approximate surface area is 128 Å². The number of carbonyl (C=O) groups is 1. The van der Waals surface area contributed by atoms with Gasteiger partial charge in [0.1, 0.15) is 6.04 Å². The average Bonchev–Trinajstić information content (AvgIpc) is 2.52. The van der Waals surface area contributed by atoms with E-state index in [1.807, 2.05) is 35.2 Å². The summed E-state index contributed by atoms with van der Waals surface area (Å²) >= 11 is 6.09. The summed E-state index contributed by atoms with van der Waals surface area (Å²) < 4.78 is 0. The SMILES string of the molecule is O=C1C(Nc2ccncc2Cl)CCCN1c1ccccc1. The number of para-hydroxylation sites is 1. The number of hydrogen-bond donors (Lipinski definition) is 1. The molecule has 1 atom stereocenters. The fraction of sp³-hybridized carbons (Fsp3) is 0.250. The van der Waals surface area contributed by atoms with Crippen LogP contribution in [0, 0.1) is 0 Å². The summed E-state index contributed by atoms with van der Waals surface area (Å²) in [6, 6.07) is 11.3. The smallest absolute Gasteiger partial charge is 0.249 e. The number of carbonyl (C=O) groups excluding carboxylic acids is 1. The Morgan fingerprint density at radius 3 is 2.81 bits per heavy atom. The summed E-state index contributed by atoms with van der Waals surface area (Å²) in [5.41, 5.74) is 1.69. The van der Waals surface area contributed by atoms with Crippen molar-refractivity contribution in [2.75, 3.05) is 16.8 Å². The van der Waals surface area contributed by atoms with E-state index >= 15 is 0 Å². The molecule has 1 amide bonds. The number of benzene rings is 1. The summed E-state index contributed by atoms with van der Waals surface area (Å²) in [5.74, 6) is 0.0836. The van der Waals surface area contributed by atoms with E-state index in [1.165, 1.54) is 0 Å². The lowest BCUT2D eigenvalue weighted by atomic mass is 10.0. The highest BCUT2D eigenvalue weighted by Gasteiger charge is 2.29. The lowest BCUT2D eigenvalue weighted by Crippen LogP contribution is -2.47. The van der Waals surface area contributed by atoms with E-state index in [0.717, 1.165) is 30.8 Å². The first-order chi connectivity index (χ1) is 10.3. The first kappa shape index (κ1) is 13.9. The minimum Gasteiger partial charge on any atom is -0.372 e.